The second-order valence-corrected chi connectivity index (χ2v) is 6.62. The van der Waals surface area contributed by atoms with Crippen molar-refractivity contribution in [3.05, 3.63) is 71.8 Å². The zero-order valence-corrected chi connectivity index (χ0v) is 13.7. The lowest BCUT2D eigenvalue weighted by atomic mass is 9.72. The molecule has 0 radical (unpaired) electrons. The first kappa shape index (κ1) is 15.3. The third-order valence-electron chi connectivity index (χ3n) is 5.26. The van der Waals surface area contributed by atoms with Gasteiger partial charge in [-0.05, 0) is 37.8 Å². The van der Waals surface area contributed by atoms with Gasteiger partial charge in [0.1, 0.15) is 0 Å². The molecule has 1 unspecified atom stereocenters. The lowest BCUT2D eigenvalue weighted by Crippen LogP contribution is -2.39. The molecule has 0 spiro atoms. The number of ether oxygens (including phenoxy) is 1. The molecule has 1 aliphatic carbocycles. The molecule has 0 heterocycles. The zero-order valence-electron chi connectivity index (χ0n) is 13.7. The van der Waals surface area contributed by atoms with Crippen molar-refractivity contribution < 1.29 is 4.74 Å². The lowest BCUT2D eigenvalue weighted by molar-refractivity contribution is -0.0277. The third-order valence-corrected chi connectivity index (χ3v) is 5.26. The van der Waals surface area contributed by atoms with Crippen LogP contribution in [0.25, 0.3) is 0 Å². The molecule has 3 rings (SSSR count). The fourth-order valence-electron chi connectivity index (χ4n) is 3.65. The van der Waals surface area contributed by atoms with Gasteiger partial charge in [0.2, 0.25) is 0 Å². The van der Waals surface area contributed by atoms with Crippen molar-refractivity contribution in [2.75, 3.05) is 0 Å². The fraction of sp³-hybridized carbons (Fsp3) is 0.429. The summed E-state index contributed by atoms with van der Waals surface area (Å²) >= 11 is 0. The fourth-order valence-corrected chi connectivity index (χ4v) is 3.65. The van der Waals surface area contributed by atoms with Gasteiger partial charge in [0.25, 0.3) is 0 Å². The first-order chi connectivity index (χ1) is 10.7. The Labute approximate surface area is 134 Å². The van der Waals surface area contributed by atoms with Crippen molar-refractivity contribution in [1.29, 1.82) is 0 Å². The van der Waals surface area contributed by atoms with Crippen molar-refractivity contribution in [2.24, 2.45) is 0 Å². The van der Waals surface area contributed by atoms with Crippen molar-refractivity contribution in [3.8, 4) is 0 Å². The van der Waals surface area contributed by atoms with E-state index in [1.165, 1.54) is 36.8 Å². The average Bonchev–Trinajstić information content (AvgIpc) is 3.08. The minimum atomic E-state index is -0.120. The van der Waals surface area contributed by atoms with Gasteiger partial charge in [-0.25, -0.2) is 0 Å². The van der Waals surface area contributed by atoms with Crippen molar-refractivity contribution in [3.63, 3.8) is 0 Å². The standard InChI is InChI=1S/C21H26O/c1-17(22-20-15-9-10-16-20)21(2,18-11-5-3-6-12-18)19-13-7-4-8-14-19/h3-8,11-14,17,20H,9-10,15-16H2,1-2H3. The summed E-state index contributed by atoms with van der Waals surface area (Å²) in [6.07, 6.45) is 5.63. The average molecular weight is 294 g/mol. The van der Waals surface area contributed by atoms with Crippen LogP contribution in [0.3, 0.4) is 0 Å². The first-order valence-corrected chi connectivity index (χ1v) is 8.48. The summed E-state index contributed by atoms with van der Waals surface area (Å²) in [5.74, 6) is 0. The Morgan fingerprint density at radius 1 is 0.864 bits per heavy atom. The van der Waals surface area contributed by atoms with Crippen molar-refractivity contribution in [2.45, 2.75) is 57.2 Å². The predicted octanol–water partition coefficient (Wildman–Crippen LogP) is 5.34. The highest BCUT2D eigenvalue weighted by molar-refractivity contribution is 5.39. The van der Waals surface area contributed by atoms with E-state index >= 15 is 0 Å². The van der Waals surface area contributed by atoms with Crippen molar-refractivity contribution >= 4 is 0 Å². The first-order valence-electron chi connectivity index (χ1n) is 8.48. The highest BCUT2D eigenvalue weighted by atomic mass is 16.5. The molecule has 2 aromatic carbocycles. The van der Waals surface area contributed by atoms with E-state index in [9.17, 15) is 0 Å². The second-order valence-electron chi connectivity index (χ2n) is 6.62. The van der Waals surface area contributed by atoms with Crippen LogP contribution in [0.2, 0.25) is 0 Å². The van der Waals surface area contributed by atoms with E-state index in [0.29, 0.717) is 6.10 Å². The largest absolute Gasteiger partial charge is 0.374 e. The molecular weight excluding hydrogens is 268 g/mol. The summed E-state index contributed by atoms with van der Waals surface area (Å²) in [7, 11) is 0. The maximum Gasteiger partial charge on any atom is 0.0685 e. The molecule has 1 fully saturated rings. The molecule has 116 valence electrons. The summed E-state index contributed by atoms with van der Waals surface area (Å²) in [5, 5.41) is 0. The van der Waals surface area contributed by atoms with Gasteiger partial charge in [-0.1, -0.05) is 73.5 Å². The van der Waals surface area contributed by atoms with E-state index in [1.54, 1.807) is 0 Å². The van der Waals surface area contributed by atoms with Crippen LogP contribution in [0, 0.1) is 0 Å². The number of rotatable bonds is 5. The molecule has 0 aliphatic heterocycles. The highest BCUT2D eigenvalue weighted by Crippen LogP contribution is 2.38. The van der Waals surface area contributed by atoms with Crippen LogP contribution in [0.4, 0.5) is 0 Å². The Morgan fingerprint density at radius 2 is 1.32 bits per heavy atom. The molecule has 0 aromatic heterocycles. The SMILES string of the molecule is CC(OC1CCCC1)C(C)(c1ccccc1)c1ccccc1. The Kier molecular flexibility index (Phi) is 4.63. The van der Waals surface area contributed by atoms with E-state index in [4.69, 9.17) is 4.74 Å². The Balaban J connectivity index is 1.95. The van der Waals surface area contributed by atoms with Crippen LogP contribution in [0.5, 0.6) is 0 Å². The lowest BCUT2D eigenvalue weighted by Gasteiger charge is -2.38. The molecule has 0 amide bonds. The normalized spacial score (nSPS) is 17.5. The molecule has 1 aliphatic rings. The Morgan fingerprint density at radius 3 is 1.77 bits per heavy atom. The minimum absolute atomic E-state index is 0.120. The molecule has 1 atom stereocenters. The monoisotopic (exact) mass is 294 g/mol. The molecule has 2 aromatic rings. The summed E-state index contributed by atoms with van der Waals surface area (Å²) in [5.41, 5.74) is 2.53. The molecule has 0 N–H and O–H groups in total. The Bertz CT molecular complexity index is 530. The number of hydrogen-bond donors (Lipinski definition) is 0. The van der Waals surface area contributed by atoms with Gasteiger partial charge >= 0.3 is 0 Å². The molecular formula is C21H26O. The van der Waals surface area contributed by atoms with E-state index in [-0.39, 0.29) is 11.5 Å². The Hall–Kier alpha value is -1.60. The van der Waals surface area contributed by atoms with Crippen LogP contribution >= 0.6 is 0 Å². The summed E-state index contributed by atoms with van der Waals surface area (Å²) in [6, 6.07) is 21.6. The second kappa shape index (κ2) is 6.66. The van der Waals surface area contributed by atoms with Gasteiger partial charge in [0.15, 0.2) is 0 Å². The molecule has 1 saturated carbocycles. The number of benzene rings is 2. The van der Waals surface area contributed by atoms with Gasteiger partial charge in [0, 0.05) is 5.41 Å². The van der Waals surface area contributed by atoms with E-state index < -0.39 is 0 Å². The van der Waals surface area contributed by atoms with Crippen molar-refractivity contribution in [1.82, 2.24) is 0 Å². The van der Waals surface area contributed by atoms with Crippen LogP contribution in [-0.2, 0) is 10.2 Å². The van der Waals surface area contributed by atoms with E-state index in [1.807, 2.05) is 0 Å². The highest BCUT2D eigenvalue weighted by Gasteiger charge is 2.37. The summed E-state index contributed by atoms with van der Waals surface area (Å²) in [6.45, 7) is 4.55. The topological polar surface area (TPSA) is 9.23 Å². The van der Waals surface area contributed by atoms with E-state index in [0.717, 1.165) is 0 Å². The van der Waals surface area contributed by atoms with Crippen LogP contribution in [0.15, 0.2) is 60.7 Å². The smallest absolute Gasteiger partial charge is 0.0685 e. The summed E-state index contributed by atoms with van der Waals surface area (Å²) < 4.78 is 6.49. The van der Waals surface area contributed by atoms with Crippen LogP contribution < -0.4 is 0 Å². The summed E-state index contributed by atoms with van der Waals surface area (Å²) in [4.78, 5) is 0. The molecule has 0 bridgehead atoms. The number of hydrogen-bond acceptors (Lipinski definition) is 1. The maximum atomic E-state index is 6.49. The zero-order chi connectivity index (χ0) is 15.4. The molecule has 0 saturated heterocycles. The van der Waals surface area contributed by atoms with Gasteiger partial charge in [-0.3, -0.25) is 0 Å². The third kappa shape index (κ3) is 2.96. The van der Waals surface area contributed by atoms with Gasteiger partial charge in [-0.2, -0.15) is 0 Å². The molecule has 22 heavy (non-hydrogen) atoms. The van der Waals surface area contributed by atoms with Crippen LogP contribution in [-0.4, -0.2) is 12.2 Å². The van der Waals surface area contributed by atoms with Gasteiger partial charge in [-0.15, -0.1) is 0 Å². The van der Waals surface area contributed by atoms with E-state index in [2.05, 4.69) is 74.5 Å². The molecule has 1 heteroatoms. The molecule has 1 nitrogen and oxygen atoms in total. The predicted molar refractivity (Wildman–Crippen MR) is 92.1 cm³/mol. The van der Waals surface area contributed by atoms with Crippen LogP contribution in [0.1, 0.15) is 50.7 Å². The minimum Gasteiger partial charge on any atom is -0.374 e. The van der Waals surface area contributed by atoms with Gasteiger partial charge in [0.05, 0.1) is 12.2 Å². The van der Waals surface area contributed by atoms with Gasteiger partial charge < -0.3 is 4.74 Å². The maximum absolute atomic E-state index is 6.49. The quantitative estimate of drug-likeness (QED) is 0.723.